The number of benzene rings is 2. The van der Waals surface area contributed by atoms with Gasteiger partial charge in [-0.3, -0.25) is 5.32 Å². The van der Waals surface area contributed by atoms with E-state index in [0.717, 1.165) is 15.8 Å². The van der Waals surface area contributed by atoms with Gasteiger partial charge < -0.3 is 14.2 Å². The zero-order chi connectivity index (χ0) is 25.9. The first-order chi connectivity index (χ1) is 17.9. The van der Waals surface area contributed by atoms with Gasteiger partial charge in [-0.2, -0.15) is 0 Å². The molecule has 0 saturated heterocycles. The topological polar surface area (TPSA) is 121 Å². The average Bonchev–Trinajstić information content (AvgIpc) is 3.29. The Morgan fingerprint density at radius 3 is 2.70 bits per heavy atom. The third kappa shape index (κ3) is 5.38. The maximum Gasteiger partial charge on any atom is 0.412 e. The Morgan fingerprint density at radius 2 is 1.92 bits per heavy atom. The van der Waals surface area contributed by atoms with E-state index in [1.54, 1.807) is 19.2 Å². The van der Waals surface area contributed by atoms with Crippen molar-refractivity contribution in [3.63, 3.8) is 0 Å². The number of amides is 1. The van der Waals surface area contributed by atoms with Crippen LogP contribution in [-0.4, -0.2) is 50.8 Å². The molecule has 0 spiro atoms. The number of halogens is 1. The molecule has 37 heavy (non-hydrogen) atoms. The van der Waals surface area contributed by atoms with Crippen LogP contribution in [0.2, 0.25) is 0 Å². The number of aromatic nitrogens is 5. The lowest BCUT2D eigenvalue weighted by atomic mass is 10.1. The van der Waals surface area contributed by atoms with Crippen LogP contribution in [-0.2, 0) is 4.74 Å². The van der Waals surface area contributed by atoms with Crippen molar-refractivity contribution >= 4 is 44.4 Å². The van der Waals surface area contributed by atoms with E-state index in [9.17, 15) is 9.18 Å². The van der Waals surface area contributed by atoms with Gasteiger partial charge in [0.2, 0.25) is 5.88 Å². The molecule has 1 atom stereocenters. The molecule has 12 heteroatoms. The first-order valence-electron chi connectivity index (χ1n) is 11.2. The monoisotopic (exact) mass is 520 g/mol. The van der Waals surface area contributed by atoms with E-state index >= 15 is 0 Å². The number of fused-ring (bicyclic) bond motifs is 2. The van der Waals surface area contributed by atoms with Crippen molar-refractivity contribution < 1.29 is 23.4 Å². The van der Waals surface area contributed by atoms with E-state index in [-0.39, 0.29) is 12.4 Å². The molecule has 5 rings (SSSR count). The largest absolute Gasteiger partial charge is 0.487 e. The number of nitrogens with one attached hydrogen (secondary N) is 1. The van der Waals surface area contributed by atoms with Crippen molar-refractivity contribution in [1.82, 2.24) is 24.9 Å². The van der Waals surface area contributed by atoms with Gasteiger partial charge >= 0.3 is 6.09 Å². The van der Waals surface area contributed by atoms with E-state index in [1.165, 1.54) is 43.2 Å². The zero-order valence-corrected chi connectivity index (χ0v) is 20.9. The van der Waals surface area contributed by atoms with Gasteiger partial charge in [-0.25, -0.2) is 34.1 Å². The number of ether oxygens (including phenoxy) is 3. The van der Waals surface area contributed by atoms with Crippen molar-refractivity contribution in [2.75, 3.05) is 19.0 Å². The Labute approximate surface area is 214 Å². The number of carbonyl (C=O) groups is 1. The number of hydrogen-bond acceptors (Lipinski definition) is 10. The second kappa shape index (κ2) is 10.3. The molecule has 1 N–H and O–H groups in total. The van der Waals surface area contributed by atoms with Crippen LogP contribution in [0.4, 0.5) is 14.9 Å². The summed E-state index contributed by atoms with van der Waals surface area (Å²) in [7, 11) is 1.54. The van der Waals surface area contributed by atoms with E-state index < -0.39 is 18.0 Å². The van der Waals surface area contributed by atoms with Crippen LogP contribution in [0.5, 0.6) is 11.6 Å². The predicted octanol–water partition coefficient (Wildman–Crippen LogP) is 5.17. The minimum Gasteiger partial charge on any atom is -0.487 e. The summed E-state index contributed by atoms with van der Waals surface area (Å²) in [6.45, 7) is 3.55. The van der Waals surface area contributed by atoms with Gasteiger partial charge in [0.05, 0.1) is 52.6 Å². The molecule has 0 aliphatic heterocycles. The Morgan fingerprint density at radius 1 is 1.11 bits per heavy atom. The van der Waals surface area contributed by atoms with E-state index in [1.807, 2.05) is 19.1 Å². The lowest BCUT2D eigenvalue weighted by Gasteiger charge is -2.15. The highest BCUT2D eigenvalue weighted by Gasteiger charge is 2.17. The summed E-state index contributed by atoms with van der Waals surface area (Å²) in [5.41, 5.74) is 4.03. The van der Waals surface area contributed by atoms with Crippen molar-refractivity contribution in [2.45, 2.75) is 20.0 Å². The molecule has 10 nitrogen and oxygen atoms in total. The van der Waals surface area contributed by atoms with Crippen molar-refractivity contribution in [3.8, 4) is 22.2 Å². The Hall–Kier alpha value is -4.45. The lowest BCUT2D eigenvalue weighted by Crippen LogP contribution is -2.25. The molecule has 0 saturated carbocycles. The van der Waals surface area contributed by atoms with E-state index in [2.05, 4.69) is 30.2 Å². The smallest absolute Gasteiger partial charge is 0.412 e. The summed E-state index contributed by atoms with van der Waals surface area (Å²) in [5, 5.41) is 3.19. The van der Waals surface area contributed by atoms with Crippen LogP contribution in [0.15, 0.2) is 49.2 Å². The van der Waals surface area contributed by atoms with Crippen LogP contribution < -0.4 is 14.8 Å². The molecular weight excluding hydrogens is 499 g/mol. The second-order valence-electron chi connectivity index (χ2n) is 8.14. The minimum absolute atomic E-state index is 0.0358. The van der Waals surface area contributed by atoms with Crippen LogP contribution in [0, 0.1) is 12.7 Å². The van der Waals surface area contributed by atoms with Crippen molar-refractivity contribution in [1.29, 1.82) is 0 Å². The molecule has 0 aliphatic carbocycles. The standard InChI is InChI=1S/C25H21FN6O4S/c1-13-4-16(23-19(5-13)31-22(34-3)10-29-23)24-32-18-6-17(26)20(7-21(18)37-24)35-11-14(2)36-25(33)30-15-8-27-12-28-9-15/h4-10,12,14H,11H2,1-3H3,(H,30,33)/t14-/m1/s1. The molecule has 0 radical (unpaired) electrons. The molecule has 0 bridgehead atoms. The highest BCUT2D eigenvalue weighted by Crippen LogP contribution is 2.37. The summed E-state index contributed by atoms with van der Waals surface area (Å²) < 4.78 is 31.6. The third-order valence-corrected chi connectivity index (χ3v) is 6.29. The lowest BCUT2D eigenvalue weighted by molar-refractivity contribution is 0.0844. The van der Waals surface area contributed by atoms with Gasteiger partial charge in [0.15, 0.2) is 11.6 Å². The number of aryl methyl sites for hydroxylation is 1. The third-order valence-electron chi connectivity index (χ3n) is 5.24. The molecule has 0 aliphatic rings. The molecule has 0 unspecified atom stereocenters. The fraction of sp³-hybridized carbons (Fsp3) is 0.200. The number of anilines is 1. The number of thiazole rings is 1. The molecule has 3 aromatic heterocycles. The summed E-state index contributed by atoms with van der Waals surface area (Å²) >= 11 is 1.39. The van der Waals surface area contributed by atoms with Gasteiger partial charge in [-0.15, -0.1) is 11.3 Å². The minimum atomic E-state index is -0.694. The van der Waals surface area contributed by atoms with Gasteiger partial charge in [0.1, 0.15) is 24.0 Å². The maximum atomic E-state index is 14.8. The number of nitrogens with zero attached hydrogens (tertiary/aromatic N) is 5. The molecule has 188 valence electrons. The second-order valence-corrected chi connectivity index (χ2v) is 9.17. The van der Waals surface area contributed by atoms with Crippen molar-refractivity contribution in [3.05, 3.63) is 60.6 Å². The SMILES string of the molecule is COc1cnc2c(-c3nc4cc(F)c(OC[C@@H](C)OC(=O)Nc5cncnc5)cc4s3)cc(C)cc2n1. The summed E-state index contributed by atoms with van der Waals surface area (Å²) in [6, 6.07) is 6.81. The highest BCUT2D eigenvalue weighted by molar-refractivity contribution is 7.21. The first-order valence-corrected chi connectivity index (χ1v) is 12.0. The normalized spacial score (nSPS) is 11.9. The molecule has 2 aromatic carbocycles. The highest BCUT2D eigenvalue weighted by atomic mass is 32.1. The molecule has 3 heterocycles. The van der Waals surface area contributed by atoms with Gasteiger partial charge in [-0.1, -0.05) is 0 Å². The Bertz CT molecular complexity index is 1600. The average molecular weight is 521 g/mol. The molecular formula is C25H21FN6O4S. The fourth-order valence-corrected chi connectivity index (χ4v) is 4.59. The Kier molecular flexibility index (Phi) is 6.73. The van der Waals surface area contributed by atoms with Gasteiger partial charge in [-0.05, 0) is 31.5 Å². The van der Waals surface area contributed by atoms with Crippen LogP contribution in [0.3, 0.4) is 0 Å². The van der Waals surface area contributed by atoms with Gasteiger partial charge in [0.25, 0.3) is 0 Å². The summed E-state index contributed by atoms with van der Waals surface area (Å²) in [4.78, 5) is 33.2. The predicted molar refractivity (Wildman–Crippen MR) is 136 cm³/mol. The first kappa shape index (κ1) is 24.3. The number of rotatable bonds is 7. The number of methoxy groups -OCH3 is 1. The van der Waals surface area contributed by atoms with Crippen LogP contribution in [0.25, 0.3) is 31.8 Å². The summed E-state index contributed by atoms with van der Waals surface area (Å²) in [6.07, 6.45) is 4.43. The van der Waals surface area contributed by atoms with Crippen molar-refractivity contribution in [2.24, 2.45) is 0 Å². The Balaban J connectivity index is 1.33. The number of hydrogen-bond donors (Lipinski definition) is 1. The van der Waals surface area contributed by atoms with Crippen LogP contribution in [0.1, 0.15) is 12.5 Å². The van der Waals surface area contributed by atoms with Gasteiger partial charge in [0, 0.05) is 17.7 Å². The molecule has 5 aromatic rings. The fourth-order valence-electron chi connectivity index (χ4n) is 3.60. The zero-order valence-electron chi connectivity index (χ0n) is 20.1. The van der Waals surface area contributed by atoms with E-state index in [4.69, 9.17) is 14.2 Å². The molecule has 0 fully saturated rings. The summed E-state index contributed by atoms with van der Waals surface area (Å²) in [5.74, 6) is -0.114. The van der Waals surface area contributed by atoms with E-state index in [0.29, 0.717) is 33.1 Å². The molecule has 1 amide bonds. The quantitative estimate of drug-likeness (QED) is 0.310. The maximum absolute atomic E-state index is 14.8. The van der Waals surface area contributed by atoms with Crippen LogP contribution >= 0.6 is 11.3 Å². The number of carbonyl (C=O) groups excluding carboxylic acids is 1.